The summed E-state index contributed by atoms with van der Waals surface area (Å²) >= 11 is 0. The topological polar surface area (TPSA) is 31.0 Å². The molecule has 0 radical (unpaired) electrons. The summed E-state index contributed by atoms with van der Waals surface area (Å²) in [4.78, 5) is 0. The summed E-state index contributed by atoms with van der Waals surface area (Å²) in [6.07, 6.45) is -1.99. The van der Waals surface area contributed by atoms with Crippen LogP contribution >= 0.6 is 0 Å². The molecule has 0 spiro atoms. The molecule has 0 amide bonds. The van der Waals surface area contributed by atoms with Crippen molar-refractivity contribution in [2.45, 2.75) is 43.8 Å². The highest BCUT2D eigenvalue weighted by molar-refractivity contribution is 5.30. The van der Waals surface area contributed by atoms with Crippen LogP contribution in [0.4, 0.5) is 13.2 Å². The summed E-state index contributed by atoms with van der Waals surface area (Å²) < 4.78 is 54.3. The molecule has 6 heteroatoms. The van der Waals surface area contributed by atoms with Crippen LogP contribution in [0.25, 0.3) is 0 Å². The van der Waals surface area contributed by atoms with Gasteiger partial charge in [-0.05, 0) is 17.4 Å². The molecule has 3 nitrogen and oxygen atoms in total. The third-order valence-corrected chi connectivity index (χ3v) is 4.16. The Bertz CT molecular complexity index is 563. The van der Waals surface area contributed by atoms with Crippen molar-refractivity contribution in [1.29, 1.82) is 0 Å². The molecule has 2 heterocycles. The zero-order chi connectivity index (χ0) is 16.0. The Labute approximate surface area is 126 Å². The van der Waals surface area contributed by atoms with Crippen LogP contribution in [0.2, 0.25) is 0 Å². The van der Waals surface area contributed by atoms with Gasteiger partial charge in [-0.2, -0.15) is 13.2 Å². The van der Waals surface area contributed by atoms with Crippen LogP contribution in [0.5, 0.6) is 0 Å². The second-order valence-electron chi connectivity index (χ2n) is 6.34. The Morgan fingerprint density at radius 2 is 1.64 bits per heavy atom. The molecular formula is C16H17F3O3. The van der Waals surface area contributed by atoms with Crippen molar-refractivity contribution in [3.05, 3.63) is 47.9 Å². The van der Waals surface area contributed by atoms with Crippen LogP contribution in [-0.2, 0) is 19.6 Å². The fourth-order valence-electron chi connectivity index (χ4n) is 2.76. The first kappa shape index (κ1) is 15.2. The minimum atomic E-state index is -4.33. The Morgan fingerprint density at radius 1 is 1.09 bits per heavy atom. The van der Waals surface area contributed by atoms with E-state index in [-0.39, 0.29) is 13.0 Å². The van der Waals surface area contributed by atoms with E-state index in [0.717, 1.165) is 11.1 Å². The van der Waals surface area contributed by atoms with Gasteiger partial charge in [0.1, 0.15) is 12.5 Å². The molecule has 0 aromatic heterocycles. The lowest BCUT2D eigenvalue weighted by atomic mass is 9.76. The van der Waals surface area contributed by atoms with Crippen molar-refractivity contribution in [3.63, 3.8) is 0 Å². The zero-order valence-electron chi connectivity index (χ0n) is 12.3. The Hall–Kier alpha value is -1.69. The number of hydrogen-bond donors (Lipinski definition) is 0. The number of hydrogen-bond acceptors (Lipinski definition) is 3. The lowest BCUT2D eigenvalue weighted by Crippen LogP contribution is -2.38. The SMILES string of the molecule is CC(C)(CC1(C(F)(F)F)CO1)c1ccc(C2OC=CO2)cc1. The molecule has 0 aliphatic carbocycles. The quantitative estimate of drug-likeness (QED) is 0.780. The van der Waals surface area contributed by atoms with E-state index in [1.54, 1.807) is 13.8 Å². The van der Waals surface area contributed by atoms with E-state index in [1.807, 2.05) is 24.3 Å². The van der Waals surface area contributed by atoms with Crippen LogP contribution in [0.3, 0.4) is 0 Å². The zero-order valence-corrected chi connectivity index (χ0v) is 12.3. The first-order valence-corrected chi connectivity index (χ1v) is 7.01. The van der Waals surface area contributed by atoms with Crippen molar-refractivity contribution in [2.24, 2.45) is 0 Å². The van der Waals surface area contributed by atoms with E-state index in [0.29, 0.717) is 0 Å². The van der Waals surface area contributed by atoms with E-state index < -0.39 is 23.5 Å². The molecule has 3 rings (SSSR count). The monoisotopic (exact) mass is 314 g/mol. The van der Waals surface area contributed by atoms with Gasteiger partial charge in [0.15, 0.2) is 5.60 Å². The summed E-state index contributed by atoms with van der Waals surface area (Å²) in [7, 11) is 0. The third-order valence-electron chi connectivity index (χ3n) is 4.16. The summed E-state index contributed by atoms with van der Waals surface area (Å²) in [6.45, 7) is 3.33. The molecular weight excluding hydrogens is 297 g/mol. The van der Waals surface area contributed by atoms with Crippen LogP contribution in [0.1, 0.15) is 37.7 Å². The van der Waals surface area contributed by atoms with Crippen molar-refractivity contribution in [1.82, 2.24) is 0 Å². The molecule has 1 unspecified atom stereocenters. The highest BCUT2D eigenvalue weighted by Gasteiger charge is 2.67. The number of alkyl halides is 3. The normalized spacial score (nSPS) is 25.0. The Balaban J connectivity index is 1.75. The minimum Gasteiger partial charge on any atom is -0.455 e. The van der Waals surface area contributed by atoms with Crippen LogP contribution in [0, 0.1) is 0 Å². The molecule has 22 heavy (non-hydrogen) atoms. The summed E-state index contributed by atoms with van der Waals surface area (Å²) in [5, 5.41) is 0. The Kier molecular flexibility index (Phi) is 3.40. The lowest BCUT2D eigenvalue weighted by molar-refractivity contribution is -0.188. The van der Waals surface area contributed by atoms with E-state index in [2.05, 4.69) is 0 Å². The van der Waals surface area contributed by atoms with Gasteiger partial charge in [-0.1, -0.05) is 38.1 Å². The smallest absolute Gasteiger partial charge is 0.419 e. The molecule has 1 aromatic rings. The first-order valence-electron chi connectivity index (χ1n) is 7.01. The largest absolute Gasteiger partial charge is 0.455 e. The van der Waals surface area contributed by atoms with Gasteiger partial charge >= 0.3 is 6.18 Å². The summed E-state index contributed by atoms with van der Waals surface area (Å²) in [5.74, 6) is 0. The molecule has 2 aliphatic heterocycles. The number of benzene rings is 1. The van der Waals surface area contributed by atoms with Gasteiger partial charge in [0, 0.05) is 5.56 Å². The second-order valence-corrected chi connectivity index (χ2v) is 6.34. The number of halogens is 3. The number of ether oxygens (including phenoxy) is 3. The molecule has 0 saturated carbocycles. The average molecular weight is 314 g/mol. The molecule has 120 valence electrons. The standard InChI is InChI=1S/C16H17F3O3/c1-14(2,9-15(10-22-15)16(17,18)19)12-5-3-11(4-6-12)13-20-7-8-21-13/h3-8,13H,9-10H2,1-2H3. The maximum atomic E-state index is 13.0. The fourth-order valence-corrected chi connectivity index (χ4v) is 2.76. The highest BCUT2D eigenvalue weighted by Crippen LogP contribution is 2.51. The molecule has 0 bridgehead atoms. The van der Waals surface area contributed by atoms with Crippen molar-refractivity contribution >= 4 is 0 Å². The lowest BCUT2D eigenvalue weighted by Gasteiger charge is -2.30. The van der Waals surface area contributed by atoms with Crippen molar-refractivity contribution in [2.75, 3.05) is 6.61 Å². The number of rotatable bonds is 4. The predicted molar refractivity (Wildman–Crippen MR) is 72.9 cm³/mol. The molecule has 1 atom stereocenters. The van der Waals surface area contributed by atoms with Gasteiger partial charge in [0.05, 0.1) is 6.61 Å². The van der Waals surface area contributed by atoms with Gasteiger partial charge in [-0.3, -0.25) is 0 Å². The van der Waals surface area contributed by atoms with E-state index in [1.165, 1.54) is 12.5 Å². The average Bonchev–Trinajstić information content (AvgIpc) is 3.03. The predicted octanol–water partition coefficient (Wildman–Crippen LogP) is 4.20. The van der Waals surface area contributed by atoms with E-state index in [9.17, 15) is 13.2 Å². The minimum absolute atomic E-state index is 0.0964. The number of epoxide rings is 1. The fraction of sp³-hybridized carbons (Fsp3) is 0.500. The van der Waals surface area contributed by atoms with Crippen LogP contribution < -0.4 is 0 Å². The van der Waals surface area contributed by atoms with Crippen molar-refractivity contribution in [3.8, 4) is 0 Å². The van der Waals surface area contributed by atoms with Gasteiger partial charge in [0.2, 0.25) is 0 Å². The molecule has 1 aromatic carbocycles. The van der Waals surface area contributed by atoms with Gasteiger partial charge in [-0.15, -0.1) is 0 Å². The maximum Gasteiger partial charge on any atom is 0.419 e. The molecule has 0 N–H and O–H groups in total. The second kappa shape index (κ2) is 4.91. The molecule has 1 fully saturated rings. The van der Waals surface area contributed by atoms with Gasteiger partial charge in [0.25, 0.3) is 6.29 Å². The first-order chi connectivity index (χ1) is 10.2. The van der Waals surface area contributed by atoms with Gasteiger partial charge < -0.3 is 14.2 Å². The van der Waals surface area contributed by atoms with Crippen molar-refractivity contribution < 1.29 is 27.4 Å². The third kappa shape index (κ3) is 2.67. The highest BCUT2D eigenvalue weighted by atomic mass is 19.4. The van der Waals surface area contributed by atoms with E-state index in [4.69, 9.17) is 14.2 Å². The summed E-state index contributed by atoms with van der Waals surface area (Å²) in [5.41, 5.74) is -1.00. The summed E-state index contributed by atoms with van der Waals surface area (Å²) in [6, 6.07) is 7.24. The molecule has 2 aliphatic rings. The maximum absolute atomic E-state index is 13.0. The van der Waals surface area contributed by atoms with Crippen LogP contribution in [-0.4, -0.2) is 18.4 Å². The van der Waals surface area contributed by atoms with Gasteiger partial charge in [-0.25, -0.2) is 0 Å². The van der Waals surface area contributed by atoms with Crippen LogP contribution in [0.15, 0.2) is 36.8 Å². The Morgan fingerprint density at radius 3 is 2.09 bits per heavy atom. The molecule has 1 saturated heterocycles. The van der Waals surface area contributed by atoms with E-state index >= 15 is 0 Å².